The molecule has 1 amide bonds. The van der Waals surface area contributed by atoms with Gasteiger partial charge >= 0.3 is 0 Å². The lowest BCUT2D eigenvalue weighted by Gasteiger charge is -2.09. The third-order valence-electron chi connectivity index (χ3n) is 2.66. The van der Waals surface area contributed by atoms with Crippen molar-refractivity contribution < 1.29 is 9.53 Å². The van der Waals surface area contributed by atoms with Gasteiger partial charge in [0.05, 0.1) is 11.5 Å². The number of ether oxygens (including phenoxy) is 1. The van der Waals surface area contributed by atoms with Gasteiger partial charge in [-0.1, -0.05) is 0 Å². The van der Waals surface area contributed by atoms with Crippen molar-refractivity contribution in [1.82, 2.24) is 19.9 Å². The summed E-state index contributed by atoms with van der Waals surface area (Å²) in [6.07, 6.45) is 6.50. The fourth-order valence-corrected chi connectivity index (χ4v) is 1.71. The Morgan fingerprint density at radius 1 is 1.40 bits per heavy atom. The van der Waals surface area contributed by atoms with Gasteiger partial charge in [0.15, 0.2) is 0 Å². The Morgan fingerprint density at radius 2 is 2.15 bits per heavy atom. The molecule has 0 fully saturated rings. The smallest absolute Gasteiger partial charge is 0.246 e. The normalized spacial score (nSPS) is 11.4. The minimum absolute atomic E-state index is 0.0169. The van der Waals surface area contributed by atoms with Gasteiger partial charge in [0.25, 0.3) is 0 Å². The standard InChI is InChI=1S/C14H18N4O2/c1-9(2)20-14-12-10(5-6-11(19)18(3)4)7-15-13(12)16-8-17-14/h5-9H,1-4H3,(H,15,16,17)/b6-5+. The summed E-state index contributed by atoms with van der Waals surface area (Å²) < 4.78 is 5.68. The summed E-state index contributed by atoms with van der Waals surface area (Å²) in [5.74, 6) is 0.436. The van der Waals surface area contributed by atoms with Gasteiger partial charge in [0.2, 0.25) is 11.8 Å². The number of fused-ring (bicyclic) bond motifs is 1. The first-order chi connectivity index (χ1) is 9.49. The molecule has 2 rings (SSSR count). The number of amides is 1. The zero-order valence-electron chi connectivity index (χ0n) is 12.0. The molecule has 6 heteroatoms. The van der Waals surface area contributed by atoms with Gasteiger partial charge in [-0.15, -0.1) is 0 Å². The second kappa shape index (κ2) is 5.73. The Bertz CT molecular complexity index is 644. The summed E-state index contributed by atoms with van der Waals surface area (Å²) in [5, 5.41) is 0.781. The van der Waals surface area contributed by atoms with E-state index in [1.54, 1.807) is 26.4 Å². The summed E-state index contributed by atoms with van der Waals surface area (Å²) in [4.78, 5) is 24.5. The molecule has 0 saturated carbocycles. The lowest BCUT2D eigenvalue weighted by molar-refractivity contribution is -0.123. The van der Waals surface area contributed by atoms with Gasteiger partial charge in [-0.05, 0) is 19.9 Å². The molecule has 106 valence electrons. The summed E-state index contributed by atoms with van der Waals surface area (Å²) >= 11 is 0. The van der Waals surface area contributed by atoms with Crippen LogP contribution in [0.2, 0.25) is 0 Å². The fourth-order valence-electron chi connectivity index (χ4n) is 1.71. The van der Waals surface area contributed by atoms with E-state index in [2.05, 4.69) is 15.0 Å². The minimum Gasteiger partial charge on any atom is -0.474 e. The van der Waals surface area contributed by atoms with Crippen LogP contribution in [-0.2, 0) is 4.79 Å². The molecule has 0 aliphatic rings. The molecule has 0 aliphatic heterocycles. The Balaban J connectivity index is 2.41. The molecule has 0 unspecified atom stereocenters. The van der Waals surface area contributed by atoms with Crippen LogP contribution in [0.25, 0.3) is 17.1 Å². The number of hydrogen-bond acceptors (Lipinski definition) is 4. The Labute approximate surface area is 117 Å². The van der Waals surface area contributed by atoms with Crippen molar-refractivity contribution >= 4 is 23.0 Å². The van der Waals surface area contributed by atoms with Crippen molar-refractivity contribution in [3.8, 4) is 5.88 Å². The third kappa shape index (κ3) is 2.96. The van der Waals surface area contributed by atoms with Crippen LogP contribution in [0.1, 0.15) is 19.4 Å². The maximum atomic E-state index is 11.6. The Morgan fingerprint density at radius 3 is 2.80 bits per heavy atom. The highest BCUT2D eigenvalue weighted by Crippen LogP contribution is 2.26. The molecule has 0 saturated heterocycles. The summed E-state index contributed by atoms with van der Waals surface area (Å²) in [6.45, 7) is 3.87. The molecular weight excluding hydrogens is 256 g/mol. The van der Waals surface area contributed by atoms with Gasteiger partial charge in [-0.25, -0.2) is 9.97 Å². The molecule has 0 aromatic carbocycles. The number of hydrogen-bond donors (Lipinski definition) is 1. The number of nitrogens with zero attached hydrogens (tertiary/aromatic N) is 3. The molecule has 2 aromatic heterocycles. The van der Waals surface area contributed by atoms with E-state index in [0.29, 0.717) is 11.5 Å². The van der Waals surface area contributed by atoms with Crippen molar-refractivity contribution in [2.75, 3.05) is 14.1 Å². The first kappa shape index (κ1) is 14.0. The number of nitrogens with one attached hydrogen (secondary N) is 1. The predicted molar refractivity (Wildman–Crippen MR) is 77.4 cm³/mol. The van der Waals surface area contributed by atoms with Crippen LogP contribution in [0.3, 0.4) is 0 Å². The van der Waals surface area contributed by atoms with Crippen molar-refractivity contribution in [2.45, 2.75) is 20.0 Å². The highest BCUT2D eigenvalue weighted by Gasteiger charge is 2.12. The van der Waals surface area contributed by atoms with Gasteiger partial charge in [0, 0.05) is 31.9 Å². The number of aromatic amines is 1. The van der Waals surface area contributed by atoms with Crippen LogP contribution < -0.4 is 4.74 Å². The minimum atomic E-state index is -0.0810. The summed E-state index contributed by atoms with van der Waals surface area (Å²) in [6, 6.07) is 0. The number of carbonyl (C=O) groups excluding carboxylic acids is 1. The molecule has 2 aromatic rings. The number of rotatable bonds is 4. The van der Waals surface area contributed by atoms with Crippen molar-refractivity contribution in [3.63, 3.8) is 0 Å². The molecule has 0 aliphatic carbocycles. The quantitative estimate of drug-likeness (QED) is 0.864. The Kier molecular flexibility index (Phi) is 4.02. The van der Waals surface area contributed by atoms with E-state index in [0.717, 1.165) is 10.9 Å². The lowest BCUT2D eigenvalue weighted by Crippen LogP contribution is -2.18. The maximum Gasteiger partial charge on any atom is 0.246 e. The van der Waals surface area contributed by atoms with Crippen molar-refractivity contribution in [2.24, 2.45) is 0 Å². The van der Waals surface area contributed by atoms with E-state index < -0.39 is 0 Å². The second-order valence-corrected chi connectivity index (χ2v) is 4.88. The van der Waals surface area contributed by atoms with Crippen LogP contribution in [0.4, 0.5) is 0 Å². The SMILES string of the molecule is CC(C)Oc1ncnc2[nH]cc(/C=C/C(=O)N(C)C)c12. The van der Waals surface area contributed by atoms with Crippen LogP contribution in [0.15, 0.2) is 18.6 Å². The predicted octanol–water partition coefficient (Wildman–Crippen LogP) is 1.85. The molecule has 6 nitrogen and oxygen atoms in total. The zero-order chi connectivity index (χ0) is 14.7. The monoisotopic (exact) mass is 274 g/mol. The molecule has 0 spiro atoms. The van der Waals surface area contributed by atoms with Gasteiger partial charge < -0.3 is 14.6 Å². The van der Waals surface area contributed by atoms with Crippen molar-refractivity contribution in [3.05, 3.63) is 24.2 Å². The van der Waals surface area contributed by atoms with Crippen LogP contribution in [0.5, 0.6) is 5.88 Å². The summed E-state index contributed by atoms with van der Waals surface area (Å²) in [5.41, 5.74) is 1.51. The fraction of sp³-hybridized carbons (Fsp3) is 0.357. The molecule has 1 N–H and O–H groups in total. The molecule has 2 heterocycles. The zero-order valence-corrected chi connectivity index (χ0v) is 12.0. The van der Waals surface area contributed by atoms with Crippen LogP contribution in [-0.4, -0.2) is 46.0 Å². The second-order valence-electron chi connectivity index (χ2n) is 4.88. The number of likely N-dealkylation sites (N-methyl/N-ethyl adjacent to an activating group) is 1. The van der Waals surface area contributed by atoms with Crippen LogP contribution >= 0.6 is 0 Å². The van der Waals surface area contributed by atoms with E-state index in [1.165, 1.54) is 17.3 Å². The van der Waals surface area contributed by atoms with E-state index >= 15 is 0 Å². The van der Waals surface area contributed by atoms with Gasteiger partial charge in [-0.3, -0.25) is 4.79 Å². The van der Waals surface area contributed by atoms with Gasteiger partial charge in [0.1, 0.15) is 12.0 Å². The Hall–Kier alpha value is -2.37. The third-order valence-corrected chi connectivity index (χ3v) is 2.66. The van der Waals surface area contributed by atoms with Crippen LogP contribution in [0, 0.1) is 0 Å². The first-order valence-electron chi connectivity index (χ1n) is 6.37. The summed E-state index contributed by atoms with van der Waals surface area (Å²) in [7, 11) is 3.41. The van der Waals surface area contributed by atoms with E-state index in [9.17, 15) is 4.79 Å². The topological polar surface area (TPSA) is 71.1 Å². The largest absolute Gasteiger partial charge is 0.474 e. The average Bonchev–Trinajstić information content (AvgIpc) is 2.79. The number of carbonyl (C=O) groups is 1. The van der Waals surface area contributed by atoms with E-state index in [4.69, 9.17) is 4.74 Å². The van der Waals surface area contributed by atoms with E-state index in [1.807, 2.05) is 13.8 Å². The molecule has 0 bridgehead atoms. The van der Waals surface area contributed by atoms with E-state index in [-0.39, 0.29) is 12.0 Å². The number of aromatic nitrogens is 3. The number of H-pyrrole nitrogens is 1. The molecule has 0 radical (unpaired) electrons. The van der Waals surface area contributed by atoms with Gasteiger partial charge in [-0.2, -0.15) is 0 Å². The average molecular weight is 274 g/mol. The highest BCUT2D eigenvalue weighted by atomic mass is 16.5. The first-order valence-corrected chi connectivity index (χ1v) is 6.37. The lowest BCUT2D eigenvalue weighted by atomic mass is 10.2. The maximum absolute atomic E-state index is 11.6. The highest BCUT2D eigenvalue weighted by molar-refractivity contribution is 5.96. The van der Waals surface area contributed by atoms with Crippen molar-refractivity contribution in [1.29, 1.82) is 0 Å². The molecule has 0 atom stereocenters. The molecule has 20 heavy (non-hydrogen) atoms. The molecular formula is C14H18N4O2.